The van der Waals surface area contributed by atoms with Crippen LogP contribution in [0.5, 0.6) is 0 Å². The highest BCUT2D eigenvalue weighted by Crippen LogP contribution is 2.29. The summed E-state index contributed by atoms with van der Waals surface area (Å²) in [5, 5.41) is 10.9. The SMILES string of the molecule is COC(=O)C(C(=O)OC)[C@H](C[N+](=O)[O-])c1cccc(Br)c1. The Morgan fingerprint density at radius 1 is 1.29 bits per heavy atom. The number of methoxy groups -OCH3 is 2. The van der Waals surface area contributed by atoms with Gasteiger partial charge in [-0.15, -0.1) is 0 Å². The maximum atomic E-state index is 11.8. The smallest absolute Gasteiger partial charge is 0.320 e. The van der Waals surface area contributed by atoms with Gasteiger partial charge in [-0.2, -0.15) is 0 Å². The first kappa shape index (κ1) is 17.1. The lowest BCUT2D eigenvalue weighted by Gasteiger charge is -2.20. The zero-order valence-corrected chi connectivity index (χ0v) is 13.0. The molecule has 0 radical (unpaired) electrons. The maximum absolute atomic E-state index is 11.8. The average molecular weight is 360 g/mol. The normalized spacial score (nSPS) is 11.8. The van der Waals surface area contributed by atoms with Gasteiger partial charge in [-0.1, -0.05) is 28.1 Å². The van der Waals surface area contributed by atoms with Crippen LogP contribution in [0.15, 0.2) is 28.7 Å². The second-order valence-corrected chi connectivity index (χ2v) is 5.12. The minimum absolute atomic E-state index is 0.474. The Labute approximate surface area is 129 Å². The van der Waals surface area contributed by atoms with Crippen LogP contribution in [0.25, 0.3) is 0 Å². The molecule has 0 bridgehead atoms. The first-order chi connectivity index (χ1) is 9.90. The van der Waals surface area contributed by atoms with Gasteiger partial charge in [0.1, 0.15) is 0 Å². The first-order valence-corrected chi connectivity index (χ1v) is 6.73. The summed E-state index contributed by atoms with van der Waals surface area (Å²) in [7, 11) is 2.23. The van der Waals surface area contributed by atoms with Crippen molar-refractivity contribution >= 4 is 27.9 Å². The minimum atomic E-state index is -1.39. The topological polar surface area (TPSA) is 95.7 Å². The quantitative estimate of drug-likeness (QED) is 0.332. The van der Waals surface area contributed by atoms with Crippen molar-refractivity contribution in [3.63, 3.8) is 0 Å². The number of carbonyl (C=O) groups is 2. The van der Waals surface area contributed by atoms with Gasteiger partial charge in [-0.25, -0.2) is 0 Å². The zero-order chi connectivity index (χ0) is 16.0. The number of hydrogen-bond donors (Lipinski definition) is 0. The van der Waals surface area contributed by atoms with Crippen LogP contribution in [0.4, 0.5) is 0 Å². The van der Waals surface area contributed by atoms with E-state index >= 15 is 0 Å². The van der Waals surface area contributed by atoms with Crippen molar-refractivity contribution in [3.8, 4) is 0 Å². The molecule has 1 aromatic carbocycles. The van der Waals surface area contributed by atoms with Gasteiger partial charge >= 0.3 is 11.9 Å². The molecule has 0 heterocycles. The Balaban J connectivity index is 3.29. The van der Waals surface area contributed by atoms with E-state index in [-0.39, 0.29) is 0 Å². The second kappa shape index (κ2) is 7.72. The van der Waals surface area contributed by atoms with Crippen LogP contribution in [-0.4, -0.2) is 37.6 Å². The van der Waals surface area contributed by atoms with Crippen LogP contribution < -0.4 is 0 Å². The van der Waals surface area contributed by atoms with Gasteiger partial charge in [-0.3, -0.25) is 19.7 Å². The maximum Gasteiger partial charge on any atom is 0.320 e. The van der Waals surface area contributed by atoms with Crippen molar-refractivity contribution < 1.29 is 24.0 Å². The van der Waals surface area contributed by atoms with E-state index in [9.17, 15) is 19.7 Å². The molecule has 0 aliphatic heterocycles. The van der Waals surface area contributed by atoms with Crippen molar-refractivity contribution in [2.75, 3.05) is 20.8 Å². The predicted octanol–water partition coefficient (Wildman–Crippen LogP) is 1.77. The van der Waals surface area contributed by atoms with Crippen LogP contribution in [0, 0.1) is 16.0 Å². The van der Waals surface area contributed by atoms with Crippen LogP contribution >= 0.6 is 15.9 Å². The molecular formula is C13H14BrNO6. The molecule has 114 valence electrons. The summed E-state index contributed by atoms with van der Waals surface area (Å²) in [5.41, 5.74) is 0.474. The third-order valence-electron chi connectivity index (χ3n) is 2.94. The highest BCUT2D eigenvalue weighted by molar-refractivity contribution is 9.10. The van der Waals surface area contributed by atoms with Gasteiger partial charge in [0.15, 0.2) is 5.92 Å². The molecule has 0 aliphatic rings. The Kier molecular flexibility index (Phi) is 6.29. The first-order valence-electron chi connectivity index (χ1n) is 5.93. The lowest BCUT2D eigenvalue weighted by atomic mass is 9.86. The molecule has 0 amide bonds. The van der Waals surface area contributed by atoms with Crippen molar-refractivity contribution in [1.29, 1.82) is 0 Å². The summed E-state index contributed by atoms with van der Waals surface area (Å²) in [6.45, 7) is -0.592. The molecule has 0 fully saturated rings. The summed E-state index contributed by atoms with van der Waals surface area (Å²) >= 11 is 3.25. The number of nitrogens with zero attached hydrogens (tertiary/aromatic N) is 1. The Hall–Kier alpha value is -1.96. The van der Waals surface area contributed by atoms with Gasteiger partial charge in [-0.05, 0) is 17.7 Å². The molecule has 7 nitrogen and oxygen atoms in total. The minimum Gasteiger partial charge on any atom is -0.468 e. The van der Waals surface area contributed by atoms with E-state index in [0.29, 0.717) is 10.0 Å². The molecule has 0 saturated heterocycles. The van der Waals surface area contributed by atoms with Crippen LogP contribution in [0.3, 0.4) is 0 Å². The summed E-state index contributed by atoms with van der Waals surface area (Å²) < 4.78 is 9.83. The number of ether oxygens (including phenoxy) is 2. The fourth-order valence-electron chi connectivity index (χ4n) is 1.98. The predicted molar refractivity (Wildman–Crippen MR) is 76.3 cm³/mol. The number of esters is 2. The zero-order valence-electron chi connectivity index (χ0n) is 11.4. The van der Waals surface area contributed by atoms with E-state index in [1.165, 1.54) is 0 Å². The molecule has 0 N–H and O–H groups in total. The molecule has 0 saturated carbocycles. The molecule has 1 atom stereocenters. The molecule has 1 rings (SSSR count). The van der Waals surface area contributed by atoms with Crippen molar-refractivity contribution in [2.24, 2.45) is 5.92 Å². The molecule has 8 heteroatoms. The van der Waals surface area contributed by atoms with E-state index < -0.39 is 35.2 Å². The van der Waals surface area contributed by atoms with E-state index in [2.05, 4.69) is 25.4 Å². The van der Waals surface area contributed by atoms with E-state index in [4.69, 9.17) is 0 Å². The lowest BCUT2D eigenvalue weighted by molar-refractivity contribution is -0.484. The standard InChI is InChI=1S/C13H14BrNO6/c1-20-12(16)11(13(17)21-2)10(7-15(18)19)8-4-3-5-9(14)6-8/h3-6,10-11H,7H2,1-2H3/t10-/m1/s1. The van der Waals surface area contributed by atoms with Gasteiger partial charge in [0, 0.05) is 9.40 Å². The number of hydrogen-bond acceptors (Lipinski definition) is 6. The summed E-state index contributed by atoms with van der Waals surface area (Å²) in [6.07, 6.45) is 0. The molecular weight excluding hydrogens is 346 g/mol. The molecule has 1 aromatic rings. The van der Waals surface area contributed by atoms with Crippen LogP contribution in [-0.2, 0) is 19.1 Å². The highest BCUT2D eigenvalue weighted by atomic mass is 79.9. The molecule has 0 spiro atoms. The largest absolute Gasteiger partial charge is 0.468 e. The number of rotatable bonds is 6. The number of benzene rings is 1. The Morgan fingerprint density at radius 3 is 2.29 bits per heavy atom. The Bertz CT molecular complexity index is 531. The van der Waals surface area contributed by atoms with Crippen molar-refractivity contribution in [1.82, 2.24) is 0 Å². The molecule has 21 heavy (non-hydrogen) atoms. The summed E-state index contributed by atoms with van der Waals surface area (Å²) in [6, 6.07) is 6.63. The Morgan fingerprint density at radius 2 is 1.86 bits per heavy atom. The third kappa shape index (κ3) is 4.52. The third-order valence-corrected chi connectivity index (χ3v) is 3.43. The molecule has 0 aliphatic carbocycles. The fourth-order valence-corrected chi connectivity index (χ4v) is 2.40. The highest BCUT2D eigenvalue weighted by Gasteiger charge is 2.40. The van der Waals surface area contributed by atoms with Crippen molar-refractivity contribution in [2.45, 2.75) is 5.92 Å². The monoisotopic (exact) mass is 359 g/mol. The molecule has 0 unspecified atom stereocenters. The van der Waals surface area contributed by atoms with Gasteiger partial charge < -0.3 is 9.47 Å². The van der Waals surface area contributed by atoms with E-state index in [1.807, 2.05) is 0 Å². The number of nitro groups is 1. The van der Waals surface area contributed by atoms with E-state index in [0.717, 1.165) is 14.2 Å². The summed E-state index contributed by atoms with van der Waals surface area (Å²) in [4.78, 5) is 34.0. The average Bonchev–Trinajstić information content (AvgIpc) is 2.45. The fraction of sp³-hybridized carbons (Fsp3) is 0.385. The molecule has 0 aromatic heterocycles. The second-order valence-electron chi connectivity index (χ2n) is 4.20. The van der Waals surface area contributed by atoms with Crippen molar-refractivity contribution in [3.05, 3.63) is 44.4 Å². The number of halogens is 1. The number of carbonyl (C=O) groups excluding carboxylic acids is 2. The summed E-state index contributed by atoms with van der Waals surface area (Å²) in [5.74, 6) is -4.10. The van der Waals surface area contributed by atoms with Crippen LogP contribution in [0.1, 0.15) is 11.5 Å². The van der Waals surface area contributed by atoms with Gasteiger partial charge in [0.25, 0.3) is 0 Å². The lowest BCUT2D eigenvalue weighted by Crippen LogP contribution is -2.35. The van der Waals surface area contributed by atoms with Gasteiger partial charge in [0.2, 0.25) is 6.54 Å². The van der Waals surface area contributed by atoms with Gasteiger partial charge in [0.05, 0.1) is 20.1 Å². The van der Waals surface area contributed by atoms with Crippen LogP contribution in [0.2, 0.25) is 0 Å². The van der Waals surface area contributed by atoms with E-state index in [1.54, 1.807) is 24.3 Å².